The Labute approximate surface area is 78.5 Å². The van der Waals surface area contributed by atoms with Crippen LogP contribution in [0.5, 0.6) is 0 Å². The molecule has 1 aliphatic heterocycles. The quantitative estimate of drug-likeness (QED) is 0.598. The van der Waals surface area contributed by atoms with Crippen molar-refractivity contribution in [3.8, 4) is 0 Å². The Morgan fingerprint density at radius 3 is 2.69 bits per heavy atom. The number of carbonyl (C=O) groups excluding carboxylic acids is 1. The molecule has 1 aliphatic rings. The maximum absolute atomic E-state index is 11.4. The van der Waals surface area contributed by atoms with Crippen LogP contribution in [0, 0.1) is 0 Å². The second-order valence-corrected chi connectivity index (χ2v) is 2.90. The van der Waals surface area contributed by atoms with Gasteiger partial charge in [-0.2, -0.15) is 0 Å². The highest BCUT2D eigenvalue weighted by molar-refractivity contribution is 6.00. The smallest absolute Gasteiger partial charge is 0.254 e. The molecule has 2 nitrogen and oxygen atoms in total. The van der Waals surface area contributed by atoms with Gasteiger partial charge in [-0.1, -0.05) is 37.5 Å². The topological polar surface area (TPSA) is 20.3 Å². The molecule has 68 valence electrons. The molecule has 0 atom stereocenters. The number of likely N-dealkylation sites (N-methyl/N-ethyl adjacent to an activating group) is 1. The van der Waals surface area contributed by atoms with E-state index in [1.165, 1.54) is 0 Å². The van der Waals surface area contributed by atoms with Crippen LogP contribution in [0.3, 0.4) is 0 Å². The van der Waals surface area contributed by atoms with Gasteiger partial charge < -0.3 is 4.90 Å². The van der Waals surface area contributed by atoms with Crippen LogP contribution >= 0.6 is 0 Å². The fourth-order valence-electron chi connectivity index (χ4n) is 1.30. The first kappa shape index (κ1) is 9.52. The van der Waals surface area contributed by atoms with Crippen LogP contribution < -0.4 is 0 Å². The lowest BCUT2D eigenvalue weighted by atomic mass is 10.1. The Bertz CT molecular complexity index is 310. The molecule has 0 unspecified atom stereocenters. The van der Waals surface area contributed by atoms with Gasteiger partial charge in [0.25, 0.3) is 5.91 Å². The molecule has 0 saturated heterocycles. The summed E-state index contributed by atoms with van der Waals surface area (Å²) in [5, 5.41) is 0. The van der Waals surface area contributed by atoms with Gasteiger partial charge in [0.1, 0.15) is 0 Å². The van der Waals surface area contributed by atoms with Crippen molar-refractivity contribution in [3.05, 3.63) is 48.6 Å². The molecule has 0 saturated carbocycles. The summed E-state index contributed by atoms with van der Waals surface area (Å²) >= 11 is 0. The zero-order valence-electron chi connectivity index (χ0n) is 7.79. The predicted octanol–water partition coefficient (Wildman–Crippen LogP) is 1.68. The van der Waals surface area contributed by atoms with Crippen molar-refractivity contribution < 1.29 is 4.79 Å². The van der Waals surface area contributed by atoms with Gasteiger partial charge in [-0.25, -0.2) is 0 Å². The molecule has 0 aromatic rings. The normalized spacial score (nSPS) is 17.3. The Balaban J connectivity index is 2.98. The van der Waals surface area contributed by atoms with Crippen LogP contribution in [0.2, 0.25) is 0 Å². The van der Waals surface area contributed by atoms with E-state index in [1.54, 1.807) is 24.1 Å². The minimum Gasteiger partial charge on any atom is -0.337 e. The van der Waals surface area contributed by atoms with Gasteiger partial charge >= 0.3 is 0 Å². The molecular formula is C11H13NO. The minimum atomic E-state index is 0.0405. The van der Waals surface area contributed by atoms with Crippen LogP contribution in [0.15, 0.2) is 48.6 Å². The lowest BCUT2D eigenvalue weighted by molar-refractivity contribution is -0.124. The number of allylic oxidation sites excluding steroid dienone is 2. The fourth-order valence-corrected chi connectivity index (χ4v) is 1.30. The van der Waals surface area contributed by atoms with Crippen molar-refractivity contribution in [2.75, 3.05) is 13.6 Å². The van der Waals surface area contributed by atoms with Crippen LogP contribution in [-0.2, 0) is 4.79 Å². The predicted molar refractivity (Wildman–Crippen MR) is 54.2 cm³/mol. The Morgan fingerprint density at radius 1 is 1.46 bits per heavy atom. The van der Waals surface area contributed by atoms with E-state index in [2.05, 4.69) is 13.2 Å². The van der Waals surface area contributed by atoms with Gasteiger partial charge in [0.05, 0.1) is 0 Å². The molecule has 0 fully saturated rings. The average molecular weight is 175 g/mol. The molecular weight excluding hydrogens is 162 g/mol. The molecule has 2 heteroatoms. The van der Waals surface area contributed by atoms with Crippen molar-refractivity contribution in [3.63, 3.8) is 0 Å². The summed E-state index contributed by atoms with van der Waals surface area (Å²) in [5.41, 5.74) is 1.70. The molecule has 0 radical (unpaired) electrons. The first-order valence-corrected chi connectivity index (χ1v) is 4.11. The monoisotopic (exact) mass is 175 g/mol. The third-order valence-electron chi connectivity index (χ3n) is 1.97. The summed E-state index contributed by atoms with van der Waals surface area (Å²) in [4.78, 5) is 13.1. The van der Waals surface area contributed by atoms with Gasteiger partial charge in [-0.15, -0.1) is 0 Å². The summed E-state index contributed by atoms with van der Waals surface area (Å²) < 4.78 is 0. The molecule has 0 aromatic carbocycles. The zero-order chi connectivity index (χ0) is 9.84. The molecule has 1 rings (SSSR count). The Kier molecular flexibility index (Phi) is 2.85. The van der Waals surface area contributed by atoms with E-state index in [9.17, 15) is 4.79 Å². The highest BCUT2D eigenvalue weighted by Crippen LogP contribution is 2.19. The summed E-state index contributed by atoms with van der Waals surface area (Å²) in [6.07, 6.45) is 7.02. The van der Waals surface area contributed by atoms with Gasteiger partial charge in [-0.3, -0.25) is 4.79 Å². The molecule has 0 spiro atoms. The van der Waals surface area contributed by atoms with Gasteiger partial charge in [0, 0.05) is 19.2 Å². The lowest BCUT2D eigenvalue weighted by Crippen LogP contribution is -2.21. The van der Waals surface area contributed by atoms with Crippen molar-refractivity contribution in [1.82, 2.24) is 4.90 Å². The highest BCUT2D eigenvalue weighted by Gasteiger charge is 2.23. The third kappa shape index (κ3) is 1.78. The fraction of sp³-hybridized carbons (Fsp3) is 0.182. The van der Waals surface area contributed by atoms with Crippen LogP contribution in [0.25, 0.3) is 0 Å². The van der Waals surface area contributed by atoms with Crippen molar-refractivity contribution in [2.24, 2.45) is 0 Å². The number of amides is 1. The number of carbonyl (C=O) groups is 1. The summed E-state index contributed by atoms with van der Waals surface area (Å²) in [7, 11) is 1.78. The van der Waals surface area contributed by atoms with Crippen LogP contribution in [0.1, 0.15) is 0 Å². The SMILES string of the molecule is C=C/C=C\C1=C(C=C)C(=O)N(C)C1. The van der Waals surface area contributed by atoms with Gasteiger partial charge in [-0.05, 0) is 5.57 Å². The van der Waals surface area contributed by atoms with Crippen LogP contribution in [-0.4, -0.2) is 24.4 Å². The van der Waals surface area contributed by atoms with Crippen molar-refractivity contribution in [1.29, 1.82) is 0 Å². The third-order valence-corrected chi connectivity index (χ3v) is 1.97. The molecule has 1 amide bonds. The number of hydrogen-bond donors (Lipinski definition) is 0. The largest absolute Gasteiger partial charge is 0.337 e. The summed E-state index contributed by atoms with van der Waals surface area (Å²) in [6, 6.07) is 0. The van der Waals surface area contributed by atoms with E-state index in [1.807, 2.05) is 12.2 Å². The van der Waals surface area contributed by atoms with E-state index in [-0.39, 0.29) is 5.91 Å². The second-order valence-electron chi connectivity index (χ2n) is 2.90. The Hall–Kier alpha value is -1.57. The summed E-state index contributed by atoms with van der Waals surface area (Å²) in [5.74, 6) is 0.0405. The van der Waals surface area contributed by atoms with Gasteiger partial charge in [0.15, 0.2) is 0 Å². The maximum atomic E-state index is 11.4. The number of hydrogen-bond acceptors (Lipinski definition) is 1. The molecule has 1 heterocycles. The summed E-state index contributed by atoms with van der Waals surface area (Å²) in [6.45, 7) is 7.85. The van der Waals surface area contributed by atoms with Crippen molar-refractivity contribution >= 4 is 5.91 Å². The van der Waals surface area contributed by atoms with Crippen molar-refractivity contribution in [2.45, 2.75) is 0 Å². The van der Waals surface area contributed by atoms with E-state index in [0.717, 1.165) is 5.57 Å². The second kappa shape index (κ2) is 3.90. The molecule has 0 aliphatic carbocycles. The van der Waals surface area contributed by atoms with E-state index >= 15 is 0 Å². The number of nitrogens with zero attached hydrogens (tertiary/aromatic N) is 1. The lowest BCUT2D eigenvalue weighted by Gasteiger charge is -2.06. The highest BCUT2D eigenvalue weighted by atomic mass is 16.2. The number of rotatable bonds is 3. The van der Waals surface area contributed by atoms with Crippen LogP contribution in [0.4, 0.5) is 0 Å². The first-order valence-electron chi connectivity index (χ1n) is 4.11. The van der Waals surface area contributed by atoms with E-state index in [0.29, 0.717) is 12.1 Å². The molecule has 0 bridgehead atoms. The zero-order valence-corrected chi connectivity index (χ0v) is 7.79. The molecule has 13 heavy (non-hydrogen) atoms. The minimum absolute atomic E-state index is 0.0405. The van der Waals surface area contributed by atoms with E-state index < -0.39 is 0 Å². The van der Waals surface area contributed by atoms with Gasteiger partial charge in [0.2, 0.25) is 0 Å². The maximum Gasteiger partial charge on any atom is 0.254 e. The first-order chi connectivity index (χ1) is 6.20. The van der Waals surface area contributed by atoms with E-state index in [4.69, 9.17) is 0 Å². The standard InChI is InChI=1S/C11H13NO/c1-4-6-7-9-8-12(3)11(13)10(9)5-2/h4-7H,1-2,8H2,3H3/b7-6-. The molecule has 0 aromatic heterocycles. The Morgan fingerprint density at radius 2 is 2.15 bits per heavy atom. The molecule has 0 N–H and O–H groups in total. The average Bonchev–Trinajstić information content (AvgIpc) is 2.39.